The van der Waals surface area contributed by atoms with E-state index in [0.29, 0.717) is 12.2 Å². The van der Waals surface area contributed by atoms with E-state index in [9.17, 15) is 10.1 Å². The van der Waals surface area contributed by atoms with E-state index in [0.717, 1.165) is 18.4 Å². The Morgan fingerprint density at radius 3 is 2.44 bits per heavy atom. The van der Waals surface area contributed by atoms with Crippen LogP contribution in [0.4, 0.5) is 5.69 Å². The van der Waals surface area contributed by atoms with Gasteiger partial charge in [-0.3, -0.25) is 10.1 Å². The highest BCUT2D eigenvalue weighted by Crippen LogP contribution is 2.28. The van der Waals surface area contributed by atoms with Gasteiger partial charge < -0.3 is 10.5 Å². The lowest BCUT2D eigenvalue weighted by Crippen LogP contribution is -2.40. The second-order valence-corrected chi connectivity index (χ2v) is 4.50. The molecule has 1 aromatic carbocycles. The molecule has 0 spiro atoms. The molecule has 5 heteroatoms. The van der Waals surface area contributed by atoms with Crippen LogP contribution < -0.4 is 10.5 Å². The van der Waals surface area contributed by atoms with Gasteiger partial charge in [0.1, 0.15) is 5.75 Å². The lowest BCUT2D eigenvalue weighted by atomic mass is 9.86. The minimum atomic E-state index is -0.404. The van der Waals surface area contributed by atoms with Gasteiger partial charge in [-0.15, -0.1) is 0 Å². The Kier molecular flexibility index (Phi) is 4.67. The quantitative estimate of drug-likeness (QED) is 0.623. The molecule has 0 saturated carbocycles. The molecule has 0 fully saturated rings. The van der Waals surface area contributed by atoms with E-state index in [-0.39, 0.29) is 11.2 Å². The highest BCUT2D eigenvalue weighted by Gasteiger charge is 2.23. The molecule has 0 atom stereocenters. The summed E-state index contributed by atoms with van der Waals surface area (Å²) in [5.41, 5.74) is 6.77. The molecule has 1 aromatic rings. The van der Waals surface area contributed by atoms with E-state index >= 15 is 0 Å². The lowest BCUT2D eigenvalue weighted by Gasteiger charge is -2.27. The third-order valence-electron chi connectivity index (χ3n) is 3.43. The zero-order valence-corrected chi connectivity index (χ0v) is 11.1. The number of nitro benzene ring substituents is 1. The Bertz CT molecular complexity index is 428. The second-order valence-electron chi connectivity index (χ2n) is 4.50. The molecule has 0 radical (unpaired) electrons. The average Bonchev–Trinajstić information content (AvgIpc) is 2.38. The molecular formula is C13H20N2O3. The summed E-state index contributed by atoms with van der Waals surface area (Å²) >= 11 is 0. The van der Waals surface area contributed by atoms with E-state index < -0.39 is 4.92 Å². The summed E-state index contributed by atoms with van der Waals surface area (Å²) in [6.45, 7) is 4.04. The van der Waals surface area contributed by atoms with Crippen molar-refractivity contribution in [1.82, 2.24) is 0 Å². The van der Waals surface area contributed by atoms with E-state index in [1.54, 1.807) is 19.2 Å². The van der Waals surface area contributed by atoms with Crippen LogP contribution in [0.1, 0.15) is 32.3 Å². The van der Waals surface area contributed by atoms with Crippen LogP contribution in [0.5, 0.6) is 5.75 Å². The van der Waals surface area contributed by atoms with Crippen molar-refractivity contribution in [3.63, 3.8) is 0 Å². The van der Waals surface area contributed by atoms with E-state index in [4.69, 9.17) is 10.5 Å². The molecule has 18 heavy (non-hydrogen) atoms. The van der Waals surface area contributed by atoms with Gasteiger partial charge in [0.05, 0.1) is 12.0 Å². The molecule has 100 valence electrons. The van der Waals surface area contributed by atoms with Gasteiger partial charge in [-0.05, 0) is 25.3 Å². The Hall–Kier alpha value is -1.62. The molecular weight excluding hydrogens is 232 g/mol. The molecule has 1 rings (SSSR count). The number of rotatable bonds is 6. The molecule has 0 aliphatic rings. The Labute approximate surface area is 107 Å². The van der Waals surface area contributed by atoms with E-state index in [1.165, 1.54) is 6.07 Å². The SMILES string of the molecule is CCC(N)(CC)Cc1cc([N+](=O)[O-])ccc1OC. The van der Waals surface area contributed by atoms with Crippen LogP contribution in [0.2, 0.25) is 0 Å². The van der Waals surface area contributed by atoms with Crippen molar-refractivity contribution in [1.29, 1.82) is 0 Å². The molecule has 0 bridgehead atoms. The number of nitrogens with two attached hydrogens (primary N) is 1. The highest BCUT2D eigenvalue weighted by atomic mass is 16.6. The summed E-state index contributed by atoms with van der Waals surface area (Å²) in [5, 5.41) is 10.8. The van der Waals surface area contributed by atoms with Gasteiger partial charge >= 0.3 is 0 Å². The molecule has 0 heterocycles. The predicted octanol–water partition coefficient (Wildman–Crippen LogP) is 2.66. The summed E-state index contributed by atoms with van der Waals surface area (Å²) in [5.74, 6) is 0.650. The van der Waals surface area contributed by atoms with Gasteiger partial charge in [-0.2, -0.15) is 0 Å². The van der Waals surface area contributed by atoms with Crippen LogP contribution in [0.25, 0.3) is 0 Å². The maximum atomic E-state index is 10.8. The standard InChI is InChI=1S/C13H20N2O3/c1-4-13(14,5-2)9-10-8-11(15(16)17)6-7-12(10)18-3/h6-8H,4-5,9,14H2,1-3H3. The van der Waals surface area contributed by atoms with Gasteiger partial charge in [0.2, 0.25) is 0 Å². The molecule has 0 unspecified atom stereocenters. The Morgan fingerprint density at radius 1 is 1.39 bits per heavy atom. The molecule has 2 N–H and O–H groups in total. The maximum Gasteiger partial charge on any atom is 0.269 e. The Balaban J connectivity index is 3.12. The summed E-state index contributed by atoms with van der Waals surface area (Å²) in [6.07, 6.45) is 2.20. The van der Waals surface area contributed by atoms with Crippen LogP contribution in [-0.4, -0.2) is 17.6 Å². The van der Waals surface area contributed by atoms with Gasteiger partial charge in [0.15, 0.2) is 0 Å². The molecule has 0 aromatic heterocycles. The third kappa shape index (κ3) is 3.20. The van der Waals surface area contributed by atoms with Gasteiger partial charge in [-0.1, -0.05) is 13.8 Å². The van der Waals surface area contributed by atoms with Gasteiger partial charge in [-0.25, -0.2) is 0 Å². The van der Waals surface area contributed by atoms with Crippen LogP contribution >= 0.6 is 0 Å². The minimum Gasteiger partial charge on any atom is -0.496 e. The zero-order chi connectivity index (χ0) is 13.8. The number of methoxy groups -OCH3 is 1. The zero-order valence-electron chi connectivity index (χ0n) is 11.1. The van der Waals surface area contributed by atoms with Crippen molar-refractivity contribution in [2.45, 2.75) is 38.6 Å². The first-order valence-electron chi connectivity index (χ1n) is 6.06. The number of hydrogen-bond donors (Lipinski definition) is 1. The fourth-order valence-electron chi connectivity index (χ4n) is 1.90. The predicted molar refractivity (Wildman–Crippen MR) is 70.9 cm³/mol. The summed E-state index contributed by atoms with van der Waals surface area (Å²) < 4.78 is 5.24. The molecule has 0 aliphatic carbocycles. The van der Waals surface area contributed by atoms with Crippen molar-refractivity contribution in [2.24, 2.45) is 5.73 Å². The normalized spacial score (nSPS) is 11.3. The number of non-ortho nitro benzene ring substituents is 1. The number of benzene rings is 1. The second kappa shape index (κ2) is 5.82. The van der Waals surface area contributed by atoms with Crippen molar-refractivity contribution >= 4 is 5.69 Å². The Morgan fingerprint density at radius 2 is 2.00 bits per heavy atom. The van der Waals surface area contributed by atoms with Gasteiger partial charge in [0.25, 0.3) is 5.69 Å². The smallest absolute Gasteiger partial charge is 0.269 e. The summed E-state index contributed by atoms with van der Waals surface area (Å²) in [7, 11) is 1.56. The topological polar surface area (TPSA) is 78.4 Å². The first-order chi connectivity index (χ1) is 8.45. The maximum absolute atomic E-state index is 10.8. The van der Waals surface area contributed by atoms with Crippen LogP contribution in [0.15, 0.2) is 18.2 Å². The summed E-state index contributed by atoms with van der Waals surface area (Å²) in [6, 6.07) is 4.61. The first-order valence-corrected chi connectivity index (χ1v) is 6.06. The van der Waals surface area contributed by atoms with Crippen molar-refractivity contribution in [3.8, 4) is 5.75 Å². The van der Waals surface area contributed by atoms with Crippen molar-refractivity contribution in [3.05, 3.63) is 33.9 Å². The number of ether oxygens (including phenoxy) is 1. The first kappa shape index (κ1) is 14.4. The number of nitro groups is 1. The molecule has 5 nitrogen and oxygen atoms in total. The summed E-state index contributed by atoms with van der Waals surface area (Å²) in [4.78, 5) is 10.4. The van der Waals surface area contributed by atoms with Crippen LogP contribution in [-0.2, 0) is 6.42 Å². The molecule has 0 aliphatic heterocycles. The highest BCUT2D eigenvalue weighted by molar-refractivity contribution is 5.44. The number of nitrogens with zero attached hydrogens (tertiary/aromatic N) is 1. The van der Waals surface area contributed by atoms with Crippen molar-refractivity contribution < 1.29 is 9.66 Å². The number of hydrogen-bond acceptors (Lipinski definition) is 4. The van der Waals surface area contributed by atoms with E-state index in [1.807, 2.05) is 13.8 Å². The van der Waals surface area contributed by atoms with Crippen LogP contribution in [0, 0.1) is 10.1 Å². The fraction of sp³-hybridized carbons (Fsp3) is 0.538. The van der Waals surface area contributed by atoms with Gasteiger partial charge in [0, 0.05) is 23.2 Å². The molecule has 0 saturated heterocycles. The molecule has 0 amide bonds. The minimum absolute atomic E-state index is 0.0698. The third-order valence-corrected chi connectivity index (χ3v) is 3.43. The van der Waals surface area contributed by atoms with Crippen molar-refractivity contribution in [2.75, 3.05) is 7.11 Å². The monoisotopic (exact) mass is 252 g/mol. The average molecular weight is 252 g/mol. The van der Waals surface area contributed by atoms with E-state index in [2.05, 4.69) is 0 Å². The lowest BCUT2D eigenvalue weighted by molar-refractivity contribution is -0.384. The van der Waals surface area contributed by atoms with Crippen LogP contribution in [0.3, 0.4) is 0 Å². The fourth-order valence-corrected chi connectivity index (χ4v) is 1.90. The largest absolute Gasteiger partial charge is 0.496 e.